The first-order chi connectivity index (χ1) is 10.2. The fourth-order valence-corrected chi connectivity index (χ4v) is 3.94. The molecule has 2 amide bonds. The summed E-state index contributed by atoms with van der Waals surface area (Å²) in [5.41, 5.74) is 0.853. The highest BCUT2D eigenvalue weighted by molar-refractivity contribution is 8.01. The van der Waals surface area contributed by atoms with Crippen LogP contribution in [0.2, 0.25) is 0 Å². The minimum absolute atomic E-state index is 0.0538. The van der Waals surface area contributed by atoms with E-state index >= 15 is 0 Å². The molecule has 0 saturated carbocycles. The lowest BCUT2D eigenvalue weighted by molar-refractivity contribution is -0.132. The number of hydrogen-bond acceptors (Lipinski definition) is 3. The topological polar surface area (TPSA) is 49.4 Å². The predicted octanol–water partition coefficient (Wildman–Crippen LogP) is 2.89. The molecule has 2 heterocycles. The van der Waals surface area contributed by atoms with Crippen LogP contribution in [-0.4, -0.2) is 35.1 Å². The van der Waals surface area contributed by atoms with Crippen LogP contribution in [-0.2, 0) is 9.59 Å². The highest BCUT2D eigenvalue weighted by Crippen LogP contribution is 2.36. The number of anilines is 1. The number of nitrogens with zero attached hydrogens (tertiary/aromatic N) is 1. The van der Waals surface area contributed by atoms with E-state index < -0.39 is 0 Å². The molecule has 0 spiro atoms. The second kappa shape index (κ2) is 6.52. The molecule has 0 aliphatic carbocycles. The lowest BCUT2D eigenvalue weighted by Gasteiger charge is -2.26. The molecule has 2 aliphatic rings. The Morgan fingerprint density at radius 3 is 2.67 bits per heavy atom. The van der Waals surface area contributed by atoms with Crippen LogP contribution in [0.15, 0.2) is 29.2 Å². The van der Waals surface area contributed by atoms with E-state index in [2.05, 4.69) is 5.32 Å². The van der Waals surface area contributed by atoms with Gasteiger partial charge in [0.05, 0.1) is 10.9 Å². The first-order valence-corrected chi connectivity index (χ1v) is 8.46. The Morgan fingerprint density at radius 1 is 1.19 bits per heavy atom. The number of para-hydroxylation sites is 1. The number of carbonyl (C=O) groups is 2. The molecule has 1 unspecified atom stereocenters. The zero-order chi connectivity index (χ0) is 14.7. The molecule has 4 nitrogen and oxygen atoms in total. The maximum Gasteiger partial charge on any atom is 0.238 e. The Morgan fingerprint density at radius 2 is 1.90 bits per heavy atom. The molecule has 1 fully saturated rings. The monoisotopic (exact) mass is 304 g/mol. The van der Waals surface area contributed by atoms with Gasteiger partial charge in [-0.1, -0.05) is 25.0 Å². The largest absolute Gasteiger partial charge is 0.343 e. The first-order valence-electron chi connectivity index (χ1n) is 7.58. The van der Waals surface area contributed by atoms with E-state index in [1.165, 1.54) is 24.6 Å². The summed E-state index contributed by atoms with van der Waals surface area (Å²) in [6, 6.07) is 7.75. The number of nitrogens with one attached hydrogen (secondary N) is 1. The van der Waals surface area contributed by atoms with Gasteiger partial charge in [-0.3, -0.25) is 9.59 Å². The Labute approximate surface area is 129 Å². The van der Waals surface area contributed by atoms with Gasteiger partial charge in [0.25, 0.3) is 0 Å². The van der Waals surface area contributed by atoms with Gasteiger partial charge in [0.15, 0.2) is 0 Å². The summed E-state index contributed by atoms with van der Waals surface area (Å²) in [5, 5.41) is 2.59. The number of thioether (sulfide) groups is 1. The maximum absolute atomic E-state index is 12.4. The van der Waals surface area contributed by atoms with Crippen molar-refractivity contribution in [2.45, 2.75) is 42.2 Å². The fourth-order valence-electron chi connectivity index (χ4n) is 2.83. The summed E-state index contributed by atoms with van der Waals surface area (Å²) in [6.45, 7) is 1.68. The number of benzene rings is 1. The van der Waals surface area contributed by atoms with Crippen LogP contribution < -0.4 is 5.32 Å². The zero-order valence-corrected chi connectivity index (χ0v) is 12.8. The summed E-state index contributed by atoms with van der Waals surface area (Å²) < 4.78 is 0. The summed E-state index contributed by atoms with van der Waals surface area (Å²) >= 11 is 1.50. The minimum atomic E-state index is -0.310. The van der Waals surface area contributed by atoms with Crippen LogP contribution in [0.5, 0.6) is 0 Å². The van der Waals surface area contributed by atoms with E-state index in [1.54, 1.807) is 0 Å². The molecular weight excluding hydrogens is 284 g/mol. The van der Waals surface area contributed by atoms with Crippen molar-refractivity contribution in [2.24, 2.45) is 0 Å². The van der Waals surface area contributed by atoms with Gasteiger partial charge in [-0.25, -0.2) is 0 Å². The Balaban J connectivity index is 1.65. The number of amides is 2. The third-order valence-electron chi connectivity index (χ3n) is 4.03. The minimum Gasteiger partial charge on any atom is -0.343 e. The molecule has 0 radical (unpaired) electrons. The summed E-state index contributed by atoms with van der Waals surface area (Å²) in [7, 11) is 0. The number of hydrogen-bond donors (Lipinski definition) is 1. The van der Waals surface area contributed by atoms with Gasteiger partial charge in [0, 0.05) is 24.4 Å². The van der Waals surface area contributed by atoms with Gasteiger partial charge in [0.1, 0.15) is 0 Å². The smallest absolute Gasteiger partial charge is 0.238 e. The standard InChI is InChI=1S/C16H20N2O2S/c19-15(18-9-5-1-2-6-10-18)11-14-16(20)17-12-7-3-4-8-13(12)21-14/h3-4,7-8,14H,1-2,5-6,9-11H2,(H,17,20). The Kier molecular flexibility index (Phi) is 4.48. The van der Waals surface area contributed by atoms with Crippen LogP contribution in [0.1, 0.15) is 32.1 Å². The van der Waals surface area contributed by atoms with Gasteiger partial charge >= 0.3 is 0 Å². The molecule has 1 aromatic carbocycles. The van der Waals surface area contributed by atoms with Gasteiger partial charge < -0.3 is 10.2 Å². The molecule has 1 atom stereocenters. The van der Waals surface area contributed by atoms with Crippen molar-refractivity contribution in [3.05, 3.63) is 24.3 Å². The van der Waals surface area contributed by atoms with E-state index in [9.17, 15) is 9.59 Å². The Bertz CT molecular complexity index is 539. The average molecular weight is 304 g/mol. The van der Waals surface area contributed by atoms with Crippen molar-refractivity contribution < 1.29 is 9.59 Å². The molecular formula is C16H20N2O2S. The number of rotatable bonds is 2. The van der Waals surface area contributed by atoms with Gasteiger partial charge in [0.2, 0.25) is 11.8 Å². The van der Waals surface area contributed by atoms with Crippen LogP contribution in [0.3, 0.4) is 0 Å². The number of fused-ring (bicyclic) bond motifs is 1. The van der Waals surface area contributed by atoms with Crippen LogP contribution in [0.25, 0.3) is 0 Å². The quantitative estimate of drug-likeness (QED) is 0.914. The van der Waals surface area contributed by atoms with Crippen molar-refractivity contribution in [1.29, 1.82) is 0 Å². The van der Waals surface area contributed by atoms with Crippen molar-refractivity contribution in [3.63, 3.8) is 0 Å². The first kappa shape index (κ1) is 14.4. The molecule has 1 aromatic rings. The van der Waals surface area contributed by atoms with Gasteiger partial charge in [-0.2, -0.15) is 0 Å². The van der Waals surface area contributed by atoms with Crippen LogP contribution in [0.4, 0.5) is 5.69 Å². The number of carbonyl (C=O) groups excluding carboxylic acids is 2. The summed E-state index contributed by atoms with van der Waals surface area (Å²) in [6.07, 6.45) is 4.87. The highest BCUT2D eigenvalue weighted by Gasteiger charge is 2.30. The summed E-state index contributed by atoms with van der Waals surface area (Å²) in [4.78, 5) is 27.5. The molecule has 1 N–H and O–H groups in total. The van der Waals surface area contributed by atoms with E-state index in [0.717, 1.165) is 36.5 Å². The number of likely N-dealkylation sites (tertiary alicyclic amines) is 1. The molecule has 112 valence electrons. The molecule has 3 rings (SSSR count). The SMILES string of the molecule is O=C1Nc2ccccc2SC1CC(=O)N1CCCCCC1. The lowest BCUT2D eigenvalue weighted by Crippen LogP contribution is -2.38. The van der Waals surface area contributed by atoms with Crippen LogP contribution >= 0.6 is 11.8 Å². The fraction of sp³-hybridized carbons (Fsp3) is 0.500. The zero-order valence-electron chi connectivity index (χ0n) is 12.0. The second-order valence-electron chi connectivity index (χ2n) is 5.59. The molecule has 2 aliphatic heterocycles. The van der Waals surface area contributed by atoms with Crippen LogP contribution in [0, 0.1) is 0 Å². The van der Waals surface area contributed by atoms with E-state index in [1.807, 2.05) is 29.2 Å². The van der Waals surface area contributed by atoms with Gasteiger partial charge in [-0.05, 0) is 25.0 Å². The summed E-state index contributed by atoms with van der Waals surface area (Å²) in [5.74, 6) is 0.0609. The van der Waals surface area contributed by atoms with Gasteiger partial charge in [-0.15, -0.1) is 11.8 Å². The molecule has 1 saturated heterocycles. The Hall–Kier alpha value is -1.49. The predicted molar refractivity (Wildman–Crippen MR) is 84.4 cm³/mol. The molecule has 0 aromatic heterocycles. The average Bonchev–Trinajstić information content (AvgIpc) is 2.77. The molecule has 0 bridgehead atoms. The van der Waals surface area contributed by atoms with E-state index in [0.29, 0.717) is 6.42 Å². The maximum atomic E-state index is 12.4. The van der Waals surface area contributed by atoms with Crippen molar-refractivity contribution >= 4 is 29.3 Å². The van der Waals surface area contributed by atoms with Crippen molar-refractivity contribution in [1.82, 2.24) is 4.90 Å². The second-order valence-corrected chi connectivity index (χ2v) is 6.84. The third kappa shape index (κ3) is 3.40. The van der Waals surface area contributed by atoms with E-state index in [-0.39, 0.29) is 17.1 Å². The normalized spacial score (nSPS) is 22.2. The van der Waals surface area contributed by atoms with E-state index in [4.69, 9.17) is 0 Å². The van der Waals surface area contributed by atoms with Crippen molar-refractivity contribution in [3.8, 4) is 0 Å². The highest BCUT2D eigenvalue weighted by atomic mass is 32.2. The van der Waals surface area contributed by atoms with Crippen molar-refractivity contribution in [2.75, 3.05) is 18.4 Å². The third-order valence-corrected chi connectivity index (χ3v) is 5.30. The molecule has 5 heteroatoms. The lowest BCUT2D eigenvalue weighted by atomic mass is 10.2. The molecule has 21 heavy (non-hydrogen) atoms.